The number of nitrogens with zero attached hydrogens (tertiary/aromatic N) is 2. The fourth-order valence-corrected chi connectivity index (χ4v) is 2.94. The van der Waals surface area contributed by atoms with E-state index in [0.29, 0.717) is 0 Å². The Labute approximate surface area is 127 Å². The van der Waals surface area contributed by atoms with E-state index in [2.05, 4.69) is 19.0 Å². The van der Waals surface area contributed by atoms with E-state index in [-0.39, 0.29) is 24.4 Å². The predicted molar refractivity (Wildman–Crippen MR) is 86.1 cm³/mol. The van der Waals surface area contributed by atoms with Crippen LogP contribution in [0.25, 0.3) is 0 Å². The highest BCUT2D eigenvalue weighted by Crippen LogP contribution is 2.18. The molecule has 0 radical (unpaired) electrons. The molecule has 1 rings (SSSR count). The van der Waals surface area contributed by atoms with Gasteiger partial charge in [0.2, 0.25) is 5.91 Å². The molecule has 1 aliphatic rings. The van der Waals surface area contributed by atoms with Crippen LogP contribution in [0, 0.1) is 5.92 Å². The normalized spacial score (nSPS) is 18.3. The van der Waals surface area contributed by atoms with Gasteiger partial charge in [0, 0.05) is 19.6 Å². The van der Waals surface area contributed by atoms with Crippen molar-refractivity contribution in [3.05, 3.63) is 0 Å². The first-order valence-electron chi connectivity index (χ1n) is 6.72. The summed E-state index contributed by atoms with van der Waals surface area (Å²) in [5.41, 5.74) is 5.94. The number of likely N-dealkylation sites (tertiary alicyclic amines) is 1. The van der Waals surface area contributed by atoms with Crippen molar-refractivity contribution in [1.82, 2.24) is 9.80 Å². The Morgan fingerprint density at radius 1 is 1.42 bits per heavy atom. The van der Waals surface area contributed by atoms with E-state index in [9.17, 15) is 4.79 Å². The molecule has 0 aromatic carbocycles. The first-order valence-corrected chi connectivity index (χ1v) is 8.12. The molecule has 1 atom stereocenters. The molecule has 19 heavy (non-hydrogen) atoms. The molecule has 0 spiro atoms. The molecule has 0 unspecified atom stereocenters. The van der Waals surface area contributed by atoms with Crippen molar-refractivity contribution in [1.29, 1.82) is 0 Å². The van der Waals surface area contributed by atoms with Gasteiger partial charge in [-0.25, -0.2) is 0 Å². The third-order valence-electron chi connectivity index (χ3n) is 3.50. The molecule has 1 amide bonds. The molecule has 6 heteroatoms. The Morgan fingerprint density at radius 2 is 2.00 bits per heavy atom. The monoisotopic (exact) mass is 309 g/mol. The van der Waals surface area contributed by atoms with Crippen LogP contribution in [-0.2, 0) is 4.79 Å². The molecule has 1 heterocycles. The van der Waals surface area contributed by atoms with Crippen LogP contribution in [0.15, 0.2) is 0 Å². The van der Waals surface area contributed by atoms with Gasteiger partial charge < -0.3 is 15.5 Å². The summed E-state index contributed by atoms with van der Waals surface area (Å²) in [5.74, 6) is 1.84. The SMILES string of the molecule is CSCC[C@H](N)C(=O)N1CCC(CN(C)C)CC1.Cl. The van der Waals surface area contributed by atoms with E-state index in [1.54, 1.807) is 11.8 Å². The molecule has 0 bridgehead atoms. The molecule has 4 nitrogen and oxygen atoms in total. The largest absolute Gasteiger partial charge is 0.341 e. The molecule has 0 aromatic heterocycles. The van der Waals surface area contributed by atoms with Crippen molar-refractivity contribution in [2.75, 3.05) is 45.7 Å². The summed E-state index contributed by atoms with van der Waals surface area (Å²) in [6, 6.07) is -0.303. The lowest BCUT2D eigenvalue weighted by molar-refractivity contribution is -0.134. The number of nitrogens with two attached hydrogens (primary N) is 1. The third kappa shape index (κ3) is 6.84. The minimum atomic E-state index is -0.303. The Bertz CT molecular complexity index is 258. The van der Waals surface area contributed by atoms with E-state index < -0.39 is 0 Å². The highest BCUT2D eigenvalue weighted by Gasteiger charge is 2.26. The van der Waals surface area contributed by atoms with Crippen LogP contribution in [-0.4, -0.2) is 67.5 Å². The topological polar surface area (TPSA) is 49.6 Å². The number of carbonyl (C=O) groups excluding carboxylic acids is 1. The minimum Gasteiger partial charge on any atom is -0.341 e. The number of amides is 1. The average molecular weight is 310 g/mol. The molecule has 1 fully saturated rings. The smallest absolute Gasteiger partial charge is 0.239 e. The summed E-state index contributed by atoms with van der Waals surface area (Å²) in [7, 11) is 4.21. The van der Waals surface area contributed by atoms with Crippen LogP contribution in [0.4, 0.5) is 0 Å². The van der Waals surface area contributed by atoms with Crippen molar-refractivity contribution < 1.29 is 4.79 Å². The van der Waals surface area contributed by atoms with Gasteiger partial charge in [-0.1, -0.05) is 0 Å². The van der Waals surface area contributed by atoms with Gasteiger partial charge in [-0.05, 0) is 51.3 Å². The fraction of sp³-hybridized carbons (Fsp3) is 0.923. The predicted octanol–water partition coefficient (Wildman–Crippen LogP) is 1.29. The second kappa shape index (κ2) is 9.86. The molecule has 0 aliphatic carbocycles. The van der Waals surface area contributed by atoms with Crippen LogP contribution in [0.2, 0.25) is 0 Å². The van der Waals surface area contributed by atoms with Crippen molar-refractivity contribution >= 4 is 30.1 Å². The molecule has 2 N–H and O–H groups in total. The van der Waals surface area contributed by atoms with Gasteiger partial charge in [0.15, 0.2) is 0 Å². The quantitative estimate of drug-likeness (QED) is 0.803. The maximum atomic E-state index is 12.1. The highest BCUT2D eigenvalue weighted by molar-refractivity contribution is 7.98. The van der Waals surface area contributed by atoms with Gasteiger partial charge in [-0.3, -0.25) is 4.79 Å². The Kier molecular flexibility index (Phi) is 9.87. The van der Waals surface area contributed by atoms with E-state index in [4.69, 9.17) is 5.73 Å². The van der Waals surface area contributed by atoms with E-state index in [0.717, 1.165) is 50.6 Å². The summed E-state index contributed by atoms with van der Waals surface area (Å²) in [6.45, 7) is 2.88. The van der Waals surface area contributed by atoms with E-state index >= 15 is 0 Å². The summed E-state index contributed by atoms with van der Waals surface area (Å²) in [6.07, 6.45) is 5.06. The van der Waals surface area contributed by atoms with Crippen LogP contribution < -0.4 is 5.73 Å². The zero-order chi connectivity index (χ0) is 13.5. The minimum absolute atomic E-state index is 0. The maximum Gasteiger partial charge on any atom is 0.239 e. The molecular weight excluding hydrogens is 282 g/mol. The summed E-state index contributed by atoms with van der Waals surface area (Å²) >= 11 is 1.74. The van der Waals surface area contributed by atoms with E-state index in [1.165, 1.54) is 0 Å². The molecule has 1 saturated heterocycles. The lowest BCUT2D eigenvalue weighted by Crippen LogP contribution is -2.48. The van der Waals surface area contributed by atoms with Crippen molar-refractivity contribution in [3.8, 4) is 0 Å². The van der Waals surface area contributed by atoms with Crippen molar-refractivity contribution in [2.45, 2.75) is 25.3 Å². The lowest BCUT2D eigenvalue weighted by Gasteiger charge is -2.34. The third-order valence-corrected chi connectivity index (χ3v) is 4.14. The summed E-state index contributed by atoms with van der Waals surface area (Å²) in [5, 5.41) is 0. The van der Waals surface area contributed by atoms with Crippen molar-refractivity contribution in [3.63, 3.8) is 0 Å². The number of piperidine rings is 1. The van der Waals surface area contributed by atoms with Crippen LogP contribution >= 0.6 is 24.2 Å². The van der Waals surface area contributed by atoms with Crippen LogP contribution in [0.5, 0.6) is 0 Å². The maximum absolute atomic E-state index is 12.1. The second-order valence-corrected chi connectivity index (χ2v) is 6.40. The number of hydrogen-bond donors (Lipinski definition) is 1. The van der Waals surface area contributed by atoms with Crippen LogP contribution in [0.1, 0.15) is 19.3 Å². The van der Waals surface area contributed by atoms with Gasteiger partial charge in [0.05, 0.1) is 6.04 Å². The lowest BCUT2D eigenvalue weighted by atomic mass is 9.96. The molecule has 0 saturated carbocycles. The van der Waals surface area contributed by atoms with Crippen LogP contribution in [0.3, 0.4) is 0 Å². The number of halogens is 1. The number of rotatable bonds is 6. The Balaban J connectivity index is 0.00000324. The fourth-order valence-electron chi connectivity index (χ4n) is 2.46. The standard InChI is InChI=1S/C13H27N3OS.ClH/c1-15(2)10-11-4-7-16(8-5-11)13(17)12(14)6-9-18-3;/h11-12H,4-10,14H2,1-3H3;1H/t12-;/m0./s1. The average Bonchev–Trinajstić information content (AvgIpc) is 2.35. The second-order valence-electron chi connectivity index (χ2n) is 5.42. The molecular formula is C13H28ClN3OS. The summed E-state index contributed by atoms with van der Waals surface area (Å²) < 4.78 is 0. The van der Waals surface area contributed by atoms with Gasteiger partial charge >= 0.3 is 0 Å². The zero-order valence-electron chi connectivity index (χ0n) is 12.3. The number of hydrogen-bond acceptors (Lipinski definition) is 4. The summed E-state index contributed by atoms with van der Waals surface area (Å²) in [4.78, 5) is 16.3. The van der Waals surface area contributed by atoms with Gasteiger partial charge in [-0.2, -0.15) is 11.8 Å². The van der Waals surface area contributed by atoms with Gasteiger partial charge in [0.1, 0.15) is 0 Å². The van der Waals surface area contributed by atoms with Gasteiger partial charge in [-0.15, -0.1) is 12.4 Å². The molecule has 0 aromatic rings. The van der Waals surface area contributed by atoms with Crippen molar-refractivity contribution in [2.24, 2.45) is 11.7 Å². The zero-order valence-corrected chi connectivity index (χ0v) is 13.9. The number of thioether (sulfide) groups is 1. The Morgan fingerprint density at radius 3 is 2.47 bits per heavy atom. The first kappa shape index (κ1) is 19.0. The Hall–Kier alpha value is 0.0300. The highest BCUT2D eigenvalue weighted by atomic mass is 35.5. The molecule has 1 aliphatic heterocycles. The van der Waals surface area contributed by atoms with Gasteiger partial charge in [0.25, 0.3) is 0 Å². The number of carbonyl (C=O) groups is 1. The van der Waals surface area contributed by atoms with E-state index in [1.807, 2.05) is 11.2 Å². The molecule has 114 valence electrons. The first-order chi connectivity index (χ1) is 8.54.